The Morgan fingerprint density at radius 3 is 2.18 bits per heavy atom. The molecular weight excluding hydrogens is 409 g/mol. The Kier molecular flexibility index (Phi) is 5.71. The highest BCUT2D eigenvalue weighted by atomic mass is 35.5. The number of carbonyl (C=O) groups is 4. The minimum absolute atomic E-state index is 0.102. The molecule has 1 aliphatic rings. The van der Waals surface area contributed by atoms with Crippen LogP contribution < -0.4 is 10.6 Å². The van der Waals surface area contributed by atoms with Crippen LogP contribution in [-0.2, 0) is 4.79 Å². The first-order valence-electron chi connectivity index (χ1n) is 8.27. The number of carbonyl (C=O) groups excluding carboxylic acids is 4. The topological polar surface area (TPSA) is 109 Å². The van der Waals surface area contributed by atoms with Gasteiger partial charge in [0.1, 0.15) is 6.04 Å². The van der Waals surface area contributed by atoms with E-state index >= 15 is 0 Å². The summed E-state index contributed by atoms with van der Waals surface area (Å²) in [7, 11) is 0. The molecule has 8 nitrogen and oxygen atoms in total. The van der Waals surface area contributed by atoms with Gasteiger partial charge in [0.2, 0.25) is 5.91 Å². The second kappa shape index (κ2) is 8.04. The number of benzene rings is 1. The van der Waals surface area contributed by atoms with E-state index in [1.165, 1.54) is 31.4 Å². The smallest absolute Gasteiger partial charge is 0.287 e. The molecule has 0 radical (unpaired) electrons. The molecule has 3 rings (SSSR count). The Balaban J connectivity index is 1.57. The molecule has 0 saturated carbocycles. The van der Waals surface area contributed by atoms with Gasteiger partial charge in [0.05, 0.1) is 27.4 Å². The summed E-state index contributed by atoms with van der Waals surface area (Å²) in [5.74, 6) is -2.04. The number of imide groups is 1. The SMILES string of the molecule is CC(C(=O)NCCNC(=O)c1ccco1)N1C(=O)c2cc(Cl)c(Cl)cc2C1=O. The van der Waals surface area contributed by atoms with Gasteiger partial charge in [0, 0.05) is 13.1 Å². The van der Waals surface area contributed by atoms with Gasteiger partial charge in [-0.05, 0) is 31.2 Å². The van der Waals surface area contributed by atoms with Crippen LogP contribution in [0.3, 0.4) is 0 Å². The van der Waals surface area contributed by atoms with Crippen LogP contribution in [0.5, 0.6) is 0 Å². The molecule has 0 aliphatic carbocycles. The molecule has 1 atom stereocenters. The predicted octanol–water partition coefficient (Wildman–Crippen LogP) is 2.12. The highest BCUT2D eigenvalue weighted by molar-refractivity contribution is 6.43. The maximum absolute atomic E-state index is 12.5. The lowest BCUT2D eigenvalue weighted by Gasteiger charge is -2.21. The lowest BCUT2D eigenvalue weighted by molar-refractivity contribution is -0.124. The first kappa shape index (κ1) is 19.9. The molecule has 0 saturated heterocycles. The van der Waals surface area contributed by atoms with E-state index in [9.17, 15) is 19.2 Å². The van der Waals surface area contributed by atoms with Gasteiger partial charge in [-0.1, -0.05) is 23.2 Å². The van der Waals surface area contributed by atoms with Crippen molar-refractivity contribution in [3.05, 3.63) is 57.5 Å². The van der Waals surface area contributed by atoms with E-state index in [-0.39, 0.29) is 40.0 Å². The third kappa shape index (κ3) is 3.74. The van der Waals surface area contributed by atoms with E-state index in [4.69, 9.17) is 27.6 Å². The summed E-state index contributed by atoms with van der Waals surface area (Å²) in [6.07, 6.45) is 1.38. The fraction of sp³-hybridized carbons (Fsp3) is 0.222. The number of rotatable bonds is 6. The largest absolute Gasteiger partial charge is 0.459 e. The molecular formula is C18H15Cl2N3O5. The van der Waals surface area contributed by atoms with Gasteiger partial charge in [0.25, 0.3) is 17.7 Å². The second-order valence-electron chi connectivity index (χ2n) is 5.99. The zero-order valence-electron chi connectivity index (χ0n) is 14.6. The minimum Gasteiger partial charge on any atom is -0.459 e. The molecule has 4 amide bonds. The van der Waals surface area contributed by atoms with Crippen molar-refractivity contribution in [2.24, 2.45) is 0 Å². The molecule has 1 aromatic heterocycles. The molecule has 28 heavy (non-hydrogen) atoms. The van der Waals surface area contributed by atoms with E-state index in [1.54, 1.807) is 6.07 Å². The number of furan rings is 1. The molecule has 2 heterocycles. The van der Waals surface area contributed by atoms with Crippen molar-refractivity contribution >= 4 is 46.8 Å². The molecule has 0 bridgehead atoms. The molecule has 0 spiro atoms. The molecule has 2 aromatic rings. The van der Waals surface area contributed by atoms with E-state index in [1.807, 2.05) is 0 Å². The summed E-state index contributed by atoms with van der Waals surface area (Å²) < 4.78 is 4.95. The van der Waals surface area contributed by atoms with Crippen molar-refractivity contribution in [3.63, 3.8) is 0 Å². The number of halogens is 2. The van der Waals surface area contributed by atoms with Gasteiger partial charge in [-0.3, -0.25) is 24.1 Å². The van der Waals surface area contributed by atoms with E-state index in [0.717, 1.165) is 4.90 Å². The lowest BCUT2D eigenvalue weighted by Crippen LogP contribution is -2.49. The number of nitrogens with one attached hydrogen (secondary N) is 2. The standard InChI is InChI=1S/C18H15Cl2N3O5/c1-9(15(24)21-4-5-22-16(25)14-3-2-6-28-14)23-17(26)10-7-12(19)13(20)8-11(10)18(23)27/h2-3,6-9H,4-5H2,1H3,(H,21,24)(H,22,25). The van der Waals surface area contributed by atoms with Gasteiger partial charge in [-0.15, -0.1) is 0 Å². The van der Waals surface area contributed by atoms with Crippen LogP contribution in [0.15, 0.2) is 34.9 Å². The van der Waals surface area contributed by atoms with Gasteiger partial charge >= 0.3 is 0 Å². The molecule has 1 aromatic carbocycles. The fourth-order valence-electron chi connectivity index (χ4n) is 2.73. The highest BCUT2D eigenvalue weighted by Crippen LogP contribution is 2.32. The zero-order chi connectivity index (χ0) is 20.4. The average Bonchev–Trinajstić information content (AvgIpc) is 3.27. The quantitative estimate of drug-likeness (QED) is 0.546. The van der Waals surface area contributed by atoms with Gasteiger partial charge < -0.3 is 15.1 Å². The number of hydrogen-bond donors (Lipinski definition) is 2. The maximum Gasteiger partial charge on any atom is 0.287 e. The van der Waals surface area contributed by atoms with Crippen molar-refractivity contribution in [3.8, 4) is 0 Å². The first-order valence-corrected chi connectivity index (χ1v) is 9.03. The van der Waals surface area contributed by atoms with Crippen LogP contribution in [0.1, 0.15) is 38.2 Å². The summed E-state index contributed by atoms with van der Waals surface area (Å²) in [4.78, 5) is 50.0. The molecule has 1 unspecified atom stereocenters. The maximum atomic E-state index is 12.5. The van der Waals surface area contributed by atoms with Gasteiger partial charge in [0.15, 0.2) is 5.76 Å². The first-order chi connectivity index (χ1) is 13.3. The van der Waals surface area contributed by atoms with Gasteiger partial charge in [-0.2, -0.15) is 0 Å². The highest BCUT2D eigenvalue weighted by Gasteiger charge is 2.41. The van der Waals surface area contributed by atoms with Crippen LogP contribution in [0.4, 0.5) is 0 Å². The third-order valence-corrected chi connectivity index (χ3v) is 4.90. The number of fused-ring (bicyclic) bond motifs is 1. The van der Waals surface area contributed by atoms with Crippen LogP contribution >= 0.6 is 23.2 Å². The van der Waals surface area contributed by atoms with Crippen molar-refractivity contribution < 1.29 is 23.6 Å². The van der Waals surface area contributed by atoms with Gasteiger partial charge in [-0.25, -0.2) is 0 Å². The summed E-state index contributed by atoms with van der Waals surface area (Å²) >= 11 is 11.8. The van der Waals surface area contributed by atoms with Crippen molar-refractivity contribution in [1.82, 2.24) is 15.5 Å². The van der Waals surface area contributed by atoms with Crippen molar-refractivity contribution in [2.75, 3.05) is 13.1 Å². The number of amides is 4. The third-order valence-electron chi connectivity index (χ3n) is 4.18. The predicted molar refractivity (Wildman–Crippen MR) is 100 cm³/mol. The monoisotopic (exact) mass is 423 g/mol. The minimum atomic E-state index is -1.05. The van der Waals surface area contributed by atoms with E-state index in [0.29, 0.717) is 0 Å². The molecule has 1 aliphatic heterocycles. The Morgan fingerprint density at radius 1 is 1.07 bits per heavy atom. The molecule has 2 N–H and O–H groups in total. The number of nitrogens with zero attached hydrogens (tertiary/aromatic N) is 1. The molecule has 146 valence electrons. The van der Waals surface area contributed by atoms with Crippen LogP contribution in [0.25, 0.3) is 0 Å². The summed E-state index contributed by atoms with van der Waals surface area (Å²) in [6.45, 7) is 1.68. The van der Waals surface area contributed by atoms with Crippen LogP contribution in [0.2, 0.25) is 10.0 Å². The lowest BCUT2D eigenvalue weighted by atomic mass is 10.1. The summed E-state index contributed by atoms with van der Waals surface area (Å²) in [5.41, 5.74) is 0.203. The van der Waals surface area contributed by atoms with E-state index < -0.39 is 29.7 Å². The molecule has 10 heteroatoms. The summed E-state index contributed by atoms with van der Waals surface area (Å²) in [5, 5.41) is 5.43. The zero-order valence-corrected chi connectivity index (χ0v) is 16.1. The Morgan fingerprint density at radius 2 is 1.64 bits per heavy atom. The second-order valence-corrected chi connectivity index (χ2v) is 6.81. The van der Waals surface area contributed by atoms with Crippen molar-refractivity contribution in [1.29, 1.82) is 0 Å². The Hall–Kier alpha value is -2.84. The number of hydrogen-bond acceptors (Lipinski definition) is 5. The Bertz CT molecular complexity index is 917. The fourth-order valence-corrected chi connectivity index (χ4v) is 3.05. The Labute approximate surface area is 169 Å². The average molecular weight is 424 g/mol. The normalized spacial score (nSPS) is 14.0. The summed E-state index contributed by atoms with van der Waals surface area (Å²) in [6, 6.07) is 4.67. The molecule has 0 fully saturated rings. The van der Waals surface area contributed by atoms with Crippen LogP contribution in [-0.4, -0.2) is 47.7 Å². The van der Waals surface area contributed by atoms with E-state index in [2.05, 4.69) is 10.6 Å². The van der Waals surface area contributed by atoms with Crippen LogP contribution in [0, 0.1) is 0 Å². The van der Waals surface area contributed by atoms with Crippen molar-refractivity contribution in [2.45, 2.75) is 13.0 Å².